The molecule has 0 rings (SSSR count). The summed E-state index contributed by atoms with van der Waals surface area (Å²) in [4.78, 5) is 0. The smallest absolute Gasteiger partial charge is 0.0722 e. The lowest BCUT2D eigenvalue weighted by Gasteiger charge is -2.09. The average molecular weight is 339 g/mol. The minimum Gasteiger partial charge on any atom is -0.393 e. The highest BCUT2D eigenvalue weighted by molar-refractivity contribution is 9.24. The molecule has 0 aromatic heterocycles. The highest BCUT2D eigenvalue weighted by Gasteiger charge is 2.07. The Kier molecular flexibility index (Phi) is 8.06. The van der Waals surface area contributed by atoms with Crippen LogP contribution in [-0.4, -0.2) is 20.3 Å². The van der Waals surface area contributed by atoms with E-state index in [9.17, 15) is 5.11 Å². The number of hydrogen-bond acceptors (Lipinski definition) is 1. The molecule has 1 N–H and O–H groups in total. The van der Waals surface area contributed by atoms with Gasteiger partial charge in [-0.3, -0.25) is 0 Å². The Morgan fingerprint density at radius 1 is 1.30 bits per heavy atom. The summed E-state index contributed by atoms with van der Waals surface area (Å²) in [7, 11) is 0. The molecule has 0 radical (unpaired) electrons. The Labute approximate surface area is 87.0 Å². The van der Waals surface area contributed by atoms with Gasteiger partial charge in [-0.15, -0.1) is 0 Å². The summed E-state index contributed by atoms with van der Waals surface area (Å²) in [6.45, 7) is 0. The third-order valence-electron chi connectivity index (χ3n) is 1.12. The molecule has 0 aromatic carbocycles. The van der Waals surface area contributed by atoms with Crippen LogP contribution in [-0.2, 0) is 0 Å². The van der Waals surface area contributed by atoms with E-state index < -0.39 is 0 Å². The molecule has 10 heavy (non-hydrogen) atoms. The van der Waals surface area contributed by atoms with Gasteiger partial charge in [0.2, 0.25) is 0 Å². The van der Waals surface area contributed by atoms with Crippen molar-refractivity contribution in [3.05, 3.63) is 0 Å². The number of rotatable bonds is 5. The number of hydrogen-bond donors (Lipinski definition) is 1. The van der Waals surface area contributed by atoms with Crippen molar-refractivity contribution < 1.29 is 5.11 Å². The zero-order valence-corrected chi connectivity index (χ0v) is 10.3. The van der Waals surface area contributed by atoms with Gasteiger partial charge in [-0.25, -0.2) is 0 Å². The van der Waals surface area contributed by atoms with Gasteiger partial charge in [0.15, 0.2) is 0 Å². The fourth-order valence-corrected chi connectivity index (χ4v) is 1.82. The third kappa shape index (κ3) is 7.51. The molecule has 1 atom stereocenters. The maximum Gasteiger partial charge on any atom is 0.0722 e. The van der Waals surface area contributed by atoms with E-state index in [-0.39, 0.29) is 9.84 Å². The van der Waals surface area contributed by atoms with Crippen LogP contribution in [0.3, 0.4) is 0 Å². The molecule has 1 unspecified atom stereocenters. The van der Waals surface area contributed by atoms with Crippen molar-refractivity contribution in [2.75, 3.05) is 5.33 Å². The molecule has 0 saturated carbocycles. The van der Waals surface area contributed by atoms with Crippen molar-refractivity contribution in [2.24, 2.45) is 0 Å². The Morgan fingerprint density at radius 3 is 2.30 bits per heavy atom. The molecule has 62 valence electrons. The van der Waals surface area contributed by atoms with Crippen molar-refractivity contribution in [1.82, 2.24) is 0 Å². The normalized spacial score (nSPS) is 14.1. The van der Waals surface area contributed by atoms with E-state index in [0.717, 1.165) is 24.6 Å². The number of aliphatic hydroxyl groups excluding tert-OH is 1. The van der Waals surface area contributed by atoms with Crippen LogP contribution in [0.25, 0.3) is 0 Å². The zero-order valence-electron chi connectivity index (χ0n) is 5.56. The van der Waals surface area contributed by atoms with E-state index in [2.05, 4.69) is 47.8 Å². The second-order valence-electron chi connectivity index (χ2n) is 2.11. The first-order valence-electron chi connectivity index (χ1n) is 3.19. The van der Waals surface area contributed by atoms with E-state index >= 15 is 0 Å². The van der Waals surface area contributed by atoms with E-state index in [0.29, 0.717) is 0 Å². The van der Waals surface area contributed by atoms with Gasteiger partial charge < -0.3 is 5.11 Å². The number of alkyl halides is 3. The Balaban J connectivity index is 3.16. The quantitative estimate of drug-likeness (QED) is 0.764. The largest absolute Gasteiger partial charge is 0.393 e. The van der Waals surface area contributed by atoms with Crippen LogP contribution in [0, 0.1) is 0 Å². The summed E-state index contributed by atoms with van der Waals surface area (Å²) in [5, 5.41) is 10.2. The number of halogens is 3. The van der Waals surface area contributed by atoms with Gasteiger partial charge in [0.25, 0.3) is 0 Å². The maximum atomic E-state index is 9.27. The van der Waals surface area contributed by atoms with E-state index in [1.807, 2.05) is 0 Å². The van der Waals surface area contributed by atoms with E-state index in [1.165, 1.54) is 0 Å². The predicted octanol–water partition coefficient (Wildman–Crippen LogP) is 3.03. The van der Waals surface area contributed by atoms with Crippen molar-refractivity contribution in [1.29, 1.82) is 0 Å². The fourth-order valence-electron chi connectivity index (χ4n) is 0.636. The fraction of sp³-hybridized carbons (Fsp3) is 1.00. The molecule has 0 saturated heterocycles. The van der Waals surface area contributed by atoms with E-state index in [4.69, 9.17) is 0 Å². The van der Waals surface area contributed by atoms with Crippen molar-refractivity contribution in [3.63, 3.8) is 0 Å². The lowest BCUT2D eigenvalue weighted by molar-refractivity contribution is 0.160. The topological polar surface area (TPSA) is 20.2 Å². The Morgan fingerprint density at radius 2 is 1.90 bits per heavy atom. The molecule has 1 nitrogen and oxygen atoms in total. The van der Waals surface area contributed by atoms with Crippen LogP contribution in [0.4, 0.5) is 0 Å². The Hall–Kier alpha value is 1.40. The standard InChI is InChI=1S/C6H11Br3O/c7-3-1-2-5(10)4-6(8)9/h5-6,10H,1-4H2. The van der Waals surface area contributed by atoms with E-state index in [1.54, 1.807) is 0 Å². The van der Waals surface area contributed by atoms with Crippen LogP contribution in [0.5, 0.6) is 0 Å². The van der Waals surface area contributed by atoms with Crippen LogP contribution in [0.15, 0.2) is 0 Å². The van der Waals surface area contributed by atoms with Crippen LogP contribution in [0.1, 0.15) is 19.3 Å². The first kappa shape index (κ1) is 11.4. The molecule has 0 amide bonds. The Bertz CT molecular complexity index is 77.4. The highest BCUT2D eigenvalue weighted by atomic mass is 79.9. The van der Waals surface area contributed by atoms with Gasteiger partial charge in [0, 0.05) is 5.33 Å². The number of aliphatic hydroxyl groups is 1. The summed E-state index contributed by atoms with van der Waals surface area (Å²) < 4.78 is 0.241. The summed E-state index contributed by atoms with van der Waals surface area (Å²) in [6.07, 6.45) is 2.50. The van der Waals surface area contributed by atoms with Crippen LogP contribution in [0.2, 0.25) is 0 Å². The molecular formula is C6H11Br3O. The molecule has 0 aliphatic rings. The lowest BCUT2D eigenvalue weighted by Crippen LogP contribution is -2.09. The summed E-state index contributed by atoms with van der Waals surface area (Å²) in [5.74, 6) is 0. The summed E-state index contributed by atoms with van der Waals surface area (Å²) in [5.41, 5.74) is 0. The van der Waals surface area contributed by atoms with Gasteiger partial charge in [-0.2, -0.15) is 0 Å². The van der Waals surface area contributed by atoms with Crippen LogP contribution >= 0.6 is 47.8 Å². The maximum absolute atomic E-state index is 9.27. The third-order valence-corrected chi connectivity index (χ3v) is 2.43. The van der Waals surface area contributed by atoms with Crippen LogP contribution < -0.4 is 0 Å². The van der Waals surface area contributed by atoms with Gasteiger partial charge in [0.1, 0.15) is 0 Å². The monoisotopic (exact) mass is 336 g/mol. The molecule has 0 aliphatic heterocycles. The molecule has 0 aliphatic carbocycles. The summed E-state index contributed by atoms with van der Waals surface area (Å²) in [6, 6.07) is 0. The molecular weight excluding hydrogens is 328 g/mol. The second-order valence-corrected chi connectivity index (χ2v) is 6.34. The van der Waals surface area contributed by atoms with Gasteiger partial charge in [-0.1, -0.05) is 47.8 Å². The van der Waals surface area contributed by atoms with Gasteiger partial charge >= 0.3 is 0 Å². The van der Waals surface area contributed by atoms with Crippen molar-refractivity contribution in [2.45, 2.75) is 29.1 Å². The molecule has 0 heterocycles. The van der Waals surface area contributed by atoms with Crippen molar-refractivity contribution >= 4 is 47.8 Å². The first-order valence-corrected chi connectivity index (χ1v) is 6.14. The average Bonchev–Trinajstić information content (AvgIpc) is 1.82. The molecule has 0 bridgehead atoms. The first-order chi connectivity index (χ1) is 4.66. The van der Waals surface area contributed by atoms with Crippen molar-refractivity contribution in [3.8, 4) is 0 Å². The predicted molar refractivity (Wildman–Crippen MR) is 55.3 cm³/mol. The zero-order chi connectivity index (χ0) is 7.98. The lowest BCUT2D eigenvalue weighted by atomic mass is 10.2. The molecule has 0 spiro atoms. The summed E-state index contributed by atoms with van der Waals surface area (Å²) >= 11 is 9.93. The molecule has 4 heteroatoms. The van der Waals surface area contributed by atoms with Gasteiger partial charge in [0.05, 0.1) is 9.84 Å². The highest BCUT2D eigenvalue weighted by Crippen LogP contribution is 2.17. The SMILES string of the molecule is OC(CCCBr)CC(Br)Br. The molecule has 0 aromatic rings. The molecule has 0 fully saturated rings. The second kappa shape index (κ2) is 7.07. The van der Waals surface area contributed by atoms with Gasteiger partial charge in [-0.05, 0) is 19.3 Å². The minimum atomic E-state index is -0.179. The minimum absolute atomic E-state index is 0.179.